The highest BCUT2D eigenvalue weighted by molar-refractivity contribution is 6.10. The van der Waals surface area contributed by atoms with Crippen molar-refractivity contribution in [3.8, 4) is 28.5 Å². The lowest BCUT2D eigenvalue weighted by Crippen LogP contribution is -2.44. The molecule has 0 aliphatic heterocycles. The third-order valence-corrected chi connectivity index (χ3v) is 4.87. The molecule has 0 aliphatic carbocycles. The van der Waals surface area contributed by atoms with Crippen LogP contribution in [0.1, 0.15) is 41.5 Å². The highest BCUT2D eigenvalue weighted by Gasteiger charge is 2.36. The Hall–Kier alpha value is -4.47. The van der Waals surface area contributed by atoms with Gasteiger partial charge in [0.25, 0.3) is 0 Å². The number of nitrogens with one attached hydrogen (secondary N) is 1. The molecule has 2 amide bonds. The molecule has 37 heavy (non-hydrogen) atoms. The molecule has 0 saturated heterocycles. The van der Waals surface area contributed by atoms with Gasteiger partial charge in [-0.15, -0.1) is 0 Å². The summed E-state index contributed by atoms with van der Waals surface area (Å²) in [7, 11) is 0. The number of para-hydroxylation sites is 2. The van der Waals surface area contributed by atoms with Gasteiger partial charge in [0.1, 0.15) is 22.6 Å². The lowest BCUT2D eigenvalue weighted by Gasteiger charge is -2.28. The van der Waals surface area contributed by atoms with Crippen molar-refractivity contribution in [2.75, 3.05) is 4.90 Å². The number of benzene rings is 2. The van der Waals surface area contributed by atoms with Crippen LogP contribution in [-0.2, 0) is 9.47 Å². The number of imide groups is 1. The van der Waals surface area contributed by atoms with E-state index in [4.69, 9.17) is 14.5 Å². The molecule has 2 heterocycles. The number of fused-ring (bicyclic) bond motifs is 1. The van der Waals surface area contributed by atoms with E-state index in [1.807, 2.05) is 24.3 Å². The van der Waals surface area contributed by atoms with Gasteiger partial charge in [0, 0.05) is 5.56 Å². The Morgan fingerprint density at radius 1 is 0.892 bits per heavy atom. The van der Waals surface area contributed by atoms with Crippen molar-refractivity contribution in [3.05, 3.63) is 54.7 Å². The molecule has 4 rings (SSSR count). The zero-order valence-electron chi connectivity index (χ0n) is 21.6. The molecule has 0 spiro atoms. The van der Waals surface area contributed by atoms with Gasteiger partial charge in [-0.05, 0) is 65.8 Å². The first kappa shape index (κ1) is 25.6. The minimum atomic E-state index is -0.974. The van der Waals surface area contributed by atoms with E-state index in [0.29, 0.717) is 16.8 Å². The van der Waals surface area contributed by atoms with Crippen LogP contribution in [0.2, 0.25) is 0 Å². The Balaban J connectivity index is 1.93. The Morgan fingerprint density at radius 2 is 1.54 bits per heavy atom. The predicted octanol–water partition coefficient (Wildman–Crippen LogP) is 6.07. The van der Waals surface area contributed by atoms with Gasteiger partial charge in [-0.25, -0.2) is 24.5 Å². The van der Waals surface area contributed by atoms with Gasteiger partial charge < -0.3 is 19.6 Å². The van der Waals surface area contributed by atoms with E-state index in [2.05, 4.69) is 15.0 Å². The molecule has 0 unspecified atom stereocenters. The van der Waals surface area contributed by atoms with E-state index in [0.717, 1.165) is 10.4 Å². The summed E-state index contributed by atoms with van der Waals surface area (Å²) in [6.45, 7) is 10.1. The normalized spacial score (nSPS) is 11.8. The average Bonchev–Trinajstić information content (AvgIpc) is 3.21. The summed E-state index contributed by atoms with van der Waals surface area (Å²) in [4.78, 5) is 44.3. The second kappa shape index (κ2) is 9.53. The van der Waals surface area contributed by atoms with Gasteiger partial charge in [-0.2, -0.15) is 4.90 Å². The average molecular weight is 504 g/mol. The monoisotopic (exact) mass is 503 g/mol. The number of carbonyl (C=O) groups excluding carboxylic acids is 2. The summed E-state index contributed by atoms with van der Waals surface area (Å²) in [5, 5.41) is 9.96. The number of phenols is 1. The minimum Gasteiger partial charge on any atom is -0.508 e. The Labute approximate surface area is 214 Å². The van der Waals surface area contributed by atoms with Crippen LogP contribution >= 0.6 is 0 Å². The van der Waals surface area contributed by atoms with Gasteiger partial charge in [0.2, 0.25) is 0 Å². The third-order valence-electron chi connectivity index (χ3n) is 4.87. The maximum Gasteiger partial charge on any atom is 0.425 e. The first-order chi connectivity index (χ1) is 17.3. The van der Waals surface area contributed by atoms with Gasteiger partial charge in [0.15, 0.2) is 11.6 Å². The van der Waals surface area contributed by atoms with Gasteiger partial charge in [0.05, 0.1) is 22.9 Å². The van der Waals surface area contributed by atoms with Crippen molar-refractivity contribution < 1.29 is 24.2 Å². The maximum atomic E-state index is 13.3. The van der Waals surface area contributed by atoms with Crippen LogP contribution in [0.4, 0.5) is 15.4 Å². The van der Waals surface area contributed by atoms with Gasteiger partial charge in [-0.1, -0.05) is 24.3 Å². The maximum absolute atomic E-state index is 13.3. The molecule has 0 saturated carbocycles. The molecule has 2 aromatic carbocycles. The number of aromatic nitrogens is 4. The van der Waals surface area contributed by atoms with Crippen LogP contribution < -0.4 is 4.90 Å². The molecule has 10 nitrogen and oxygen atoms in total. The van der Waals surface area contributed by atoms with Crippen molar-refractivity contribution in [1.82, 2.24) is 19.9 Å². The Kier molecular flexibility index (Phi) is 6.60. The Bertz CT molecular complexity index is 1410. The van der Waals surface area contributed by atoms with Crippen molar-refractivity contribution in [2.45, 2.75) is 52.7 Å². The number of amides is 2. The van der Waals surface area contributed by atoms with Crippen LogP contribution in [0.5, 0.6) is 5.75 Å². The van der Waals surface area contributed by atoms with Crippen LogP contribution in [0, 0.1) is 0 Å². The minimum absolute atomic E-state index is 0.0535. The Morgan fingerprint density at radius 3 is 2.14 bits per heavy atom. The highest BCUT2D eigenvalue weighted by atomic mass is 16.6. The number of hydrogen-bond donors (Lipinski definition) is 2. The number of rotatable bonds is 3. The van der Waals surface area contributed by atoms with Crippen LogP contribution in [0.25, 0.3) is 33.8 Å². The van der Waals surface area contributed by atoms with E-state index in [9.17, 15) is 14.7 Å². The quantitative estimate of drug-likeness (QED) is 0.344. The zero-order valence-corrected chi connectivity index (χ0v) is 21.6. The van der Waals surface area contributed by atoms with Gasteiger partial charge >= 0.3 is 12.2 Å². The number of nitrogens with zero attached hydrogens (tertiary/aromatic N) is 4. The van der Waals surface area contributed by atoms with Crippen LogP contribution in [0.3, 0.4) is 0 Å². The third kappa shape index (κ3) is 6.03. The zero-order chi connectivity index (χ0) is 27.0. The van der Waals surface area contributed by atoms with E-state index in [1.54, 1.807) is 53.7 Å². The number of phenolic OH excluding ortho intramolecular Hbond substituents is 1. The number of anilines is 1. The van der Waals surface area contributed by atoms with Crippen LogP contribution in [0.15, 0.2) is 54.7 Å². The number of ether oxygens (including phenoxy) is 2. The molecule has 4 aromatic rings. The molecule has 0 bridgehead atoms. The van der Waals surface area contributed by atoms with Crippen LogP contribution in [-0.4, -0.2) is 48.4 Å². The van der Waals surface area contributed by atoms with Gasteiger partial charge in [-0.3, -0.25) is 0 Å². The molecular weight excluding hydrogens is 474 g/mol. The molecule has 2 aromatic heterocycles. The fraction of sp³-hybridized carbons (Fsp3) is 0.296. The van der Waals surface area contributed by atoms with E-state index < -0.39 is 23.4 Å². The van der Waals surface area contributed by atoms with Crippen molar-refractivity contribution in [1.29, 1.82) is 0 Å². The molecule has 0 radical (unpaired) electrons. The summed E-state index contributed by atoms with van der Waals surface area (Å²) >= 11 is 0. The second-order valence-corrected chi connectivity index (χ2v) is 10.4. The standard InChI is InChI=1S/C27H29N5O5/c1-26(2,3)36-24(34)32(25(35)37-27(4,5)6)23-21(22-30-18-12-7-8-13-19(18)31-22)29-20(15-28-23)16-10-9-11-17(33)14-16/h7-15,33H,1-6H3,(H,30,31). The summed E-state index contributed by atoms with van der Waals surface area (Å²) < 4.78 is 11.1. The van der Waals surface area contributed by atoms with E-state index >= 15 is 0 Å². The fourth-order valence-corrected chi connectivity index (χ4v) is 3.44. The molecule has 192 valence electrons. The first-order valence-electron chi connectivity index (χ1n) is 11.7. The lowest BCUT2D eigenvalue weighted by atomic mass is 10.1. The highest BCUT2D eigenvalue weighted by Crippen LogP contribution is 2.32. The van der Waals surface area contributed by atoms with E-state index in [-0.39, 0.29) is 23.1 Å². The number of aromatic hydroxyl groups is 1. The summed E-state index contributed by atoms with van der Waals surface area (Å²) in [5.41, 5.74) is 0.690. The number of aromatic amines is 1. The fourth-order valence-electron chi connectivity index (χ4n) is 3.44. The topological polar surface area (TPSA) is 131 Å². The number of hydrogen-bond acceptors (Lipinski definition) is 8. The van der Waals surface area contributed by atoms with E-state index in [1.165, 1.54) is 18.3 Å². The predicted molar refractivity (Wildman–Crippen MR) is 139 cm³/mol. The molecule has 10 heteroatoms. The lowest BCUT2D eigenvalue weighted by molar-refractivity contribution is 0.0429. The number of imidazole rings is 1. The summed E-state index contributed by atoms with van der Waals surface area (Å²) in [6, 6.07) is 13.9. The first-order valence-corrected chi connectivity index (χ1v) is 11.7. The summed E-state index contributed by atoms with van der Waals surface area (Å²) in [5.74, 6) is 0.215. The molecule has 0 atom stereocenters. The molecule has 2 N–H and O–H groups in total. The largest absolute Gasteiger partial charge is 0.508 e. The summed E-state index contributed by atoms with van der Waals surface area (Å²) in [6.07, 6.45) is -0.546. The van der Waals surface area contributed by atoms with Crippen molar-refractivity contribution in [3.63, 3.8) is 0 Å². The van der Waals surface area contributed by atoms with Crippen molar-refractivity contribution in [2.24, 2.45) is 0 Å². The molecule has 0 aliphatic rings. The number of carbonyl (C=O) groups is 2. The molecular formula is C27H29N5O5. The second-order valence-electron chi connectivity index (χ2n) is 10.4. The SMILES string of the molecule is CC(C)(C)OC(=O)N(C(=O)OC(C)(C)C)c1ncc(-c2cccc(O)c2)nc1-c1nc2ccccc2[nH]1. The number of H-pyrrole nitrogens is 1. The smallest absolute Gasteiger partial charge is 0.425 e. The van der Waals surface area contributed by atoms with Crippen molar-refractivity contribution >= 4 is 29.0 Å². The molecule has 0 fully saturated rings.